The summed E-state index contributed by atoms with van der Waals surface area (Å²) < 4.78 is 0.495. The average molecular weight is 549 g/mol. The van der Waals surface area contributed by atoms with Crippen molar-refractivity contribution in [3.05, 3.63) is 85.7 Å². The monoisotopic (exact) mass is 547 g/mol. The number of thiazole rings is 1. The van der Waals surface area contributed by atoms with E-state index in [1.54, 1.807) is 29.3 Å². The Morgan fingerprint density at radius 3 is 2.68 bits per heavy atom. The van der Waals surface area contributed by atoms with Crippen LogP contribution in [-0.4, -0.2) is 32.6 Å². The maximum Gasteiger partial charge on any atom is 0.266 e. The Hall–Kier alpha value is -2.23. The van der Waals surface area contributed by atoms with Crippen molar-refractivity contribution in [1.82, 2.24) is 9.88 Å². The van der Waals surface area contributed by atoms with Gasteiger partial charge in [0.1, 0.15) is 4.32 Å². The minimum absolute atomic E-state index is 0.144. The third-order valence-electron chi connectivity index (χ3n) is 4.95. The summed E-state index contributed by atoms with van der Waals surface area (Å²) in [6.07, 6.45) is 4.95. The van der Waals surface area contributed by atoms with E-state index in [-0.39, 0.29) is 18.2 Å². The van der Waals surface area contributed by atoms with Gasteiger partial charge in [0.25, 0.3) is 5.91 Å². The summed E-state index contributed by atoms with van der Waals surface area (Å²) in [6, 6.07) is 14.9. The number of thioether (sulfide) groups is 1. The van der Waals surface area contributed by atoms with Crippen molar-refractivity contribution < 1.29 is 9.59 Å². The summed E-state index contributed by atoms with van der Waals surface area (Å²) in [5.41, 5.74) is 1.89. The summed E-state index contributed by atoms with van der Waals surface area (Å²) in [7, 11) is 0. The van der Waals surface area contributed by atoms with Crippen molar-refractivity contribution in [2.45, 2.75) is 19.3 Å². The Labute approximate surface area is 221 Å². The summed E-state index contributed by atoms with van der Waals surface area (Å²) in [6.45, 7) is 0.381. The van der Waals surface area contributed by atoms with Crippen molar-refractivity contribution >= 4 is 85.9 Å². The number of halogens is 2. The van der Waals surface area contributed by atoms with E-state index < -0.39 is 0 Å². The van der Waals surface area contributed by atoms with E-state index in [1.807, 2.05) is 36.4 Å². The number of benzene rings is 2. The minimum Gasteiger partial charge on any atom is -0.302 e. The number of carbonyl (C=O) groups excluding carboxylic acids is 2. The quantitative estimate of drug-likeness (QED) is 0.252. The van der Waals surface area contributed by atoms with Crippen LogP contribution in [0.25, 0.3) is 6.08 Å². The summed E-state index contributed by atoms with van der Waals surface area (Å²) in [4.78, 5) is 32.5. The molecule has 1 aliphatic heterocycles. The smallest absolute Gasteiger partial charge is 0.266 e. The van der Waals surface area contributed by atoms with Crippen LogP contribution in [0.5, 0.6) is 0 Å². The van der Waals surface area contributed by atoms with Crippen molar-refractivity contribution in [3.63, 3.8) is 0 Å². The Kier molecular flexibility index (Phi) is 8.39. The molecule has 1 aliphatic rings. The van der Waals surface area contributed by atoms with Gasteiger partial charge in [-0.05, 0) is 41.8 Å². The summed E-state index contributed by atoms with van der Waals surface area (Å²) in [5.74, 6) is -0.296. The highest BCUT2D eigenvalue weighted by Gasteiger charge is 2.31. The third kappa shape index (κ3) is 6.46. The van der Waals surface area contributed by atoms with Gasteiger partial charge in [0, 0.05) is 40.5 Å². The highest BCUT2D eigenvalue weighted by atomic mass is 35.5. The van der Waals surface area contributed by atoms with E-state index in [1.165, 1.54) is 23.1 Å². The first-order valence-corrected chi connectivity index (χ1v) is 13.2. The number of thiocarbonyl (C=S) groups is 1. The fourth-order valence-electron chi connectivity index (χ4n) is 3.26. The Balaban J connectivity index is 1.26. The van der Waals surface area contributed by atoms with Gasteiger partial charge in [-0.15, -0.1) is 11.3 Å². The molecule has 0 bridgehead atoms. The van der Waals surface area contributed by atoms with Gasteiger partial charge in [-0.2, -0.15) is 0 Å². The zero-order chi connectivity index (χ0) is 24.1. The van der Waals surface area contributed by atoms with Gasteiger partial charge in [-0.1, -0.05) is 77.5 Å². The maximum absolute atomic E-state index is 12.7. The van der Waals surface area contributed by atoms with E-state index in [2.05, 4.69) is 10.3 Å². The molecule has 2 aromatic carbocycles. The third-order valence-corrected chi connectivity index (χ3v) is 7.86. The Bertz CT molecular complexity index is 1260. The van der Waals surface area contributed by atoms with Crippen LogP contribution in [0.2, 0.25) is 10.0 Å². The van der Waals surface area contributed by atoms with Gasteiger partial charge >= 0.3 is 0 Å². The van der Waals surface area contributed by atoms with E-state index in [0.717, 1.165) is 16.0 Å². The molecule has 10 heteroatoms. The maximum atomic E-state index is 12.7. The summed E-state index contributed by atoms with van der Waals surface area (Å²) in [5, 5.41) is 4.72. The largest absolute Gasteiger partial charge is 0.302 e. The predicted molar refractivity (Wildman–Crippen MR) is 146 cm³/mol. The Morgan fingerprint density at radius 2 is 1.91 bits per heavy atom. The zero-order valence-corrected chi connectivity index (χ0v) is 21.8. The van der Waals surface area contributed by atoms with Crippen LogP contribution in [0.1, 0.15) is 28.8 Å². The molecule has 2 heterocycles. The molecule has 0 spiro atoms. The molecule has 1 fully saturated rings. The van der Waals surface area contributed by atoms with E-state index in [0.29, 0.717) is 43.8 Å². The number of anilines is 1. The number of nitrogens with one attached hydrogen (secondary N) is 1. The second-order valence-electron chi connectivity index (χ2n) is 7.44. The number of aromatic nitrogens is 1. The fraction of sp³-hybridized carbons (Fsp3) is 0.167. The molecule has 4 rings (SSSR count). The minimum atomic E-state index is -0.152. The molecule has 0 saturated carbocycles. The second kappa shape index (κ2) is 11.5. The molecule has 5 nitrogen and oxygen atoms in total. The number of carbonyl (C=O) groups is 2. The van der Waals surface area contributed by atoms with Gasteiger partial charge in [0.15, 0.2) is 5.13 Å². The van der Waals surface area contributed by atoms with Crippen LogP contribution in [0.4, 0.5) is 5.13 Å². The molecule has 0 unspecified atom stereocenters. The average Bonchev–Trinajstić information content (AvgIpc) is 3.35. The highest BCUT2D eigenvalue weighted by Crippen LogP contribution is 2.33. The molecule has 1 saturated heterocycles. The van der Waals surface area contributed by atoms with Gasteiger partial charge in [-0.3, -0.25) is 14.5 Å². The molecular weight excluding hydrogens is 529 g/mol. The Morgan fingerprint density at radius 1 is 1.15 bits per heavy atom. The van der Waals surface area contributed by atoms with Crippen molar-refractivity contribution in [1.29, 1.82) is 0 Å². The zero-order valence-electron chi connectivity index (χ0n) is 17.8. The van der Waals surface area contributed by atoms with Gasteiger partial charge in [-0.25, -0.2) is 4.98 Å². The lowest BCUT2D eigenvalue weighted by molar-refractivity contribution is -0.122. The number of hydrogen-bond donors (Lipinski definition) is 1. The molecular formula is C24H19Cl2N3O2S3. The van der Waals surface area contributed by atoms with Crippen molar-refractivity contribution in [2.24, 2.45) is 0 Å². The van der Waals surface area contributed by atoms with Crippen LogP contribution < -0.4 is 5.32 Å². The molecule has 0 aliphatic carbocycles. The van der Waals surface area contributed by atoms with Gasteiger partial charge in [0.2, 0.25) is 5.91 Å². The number of amides is 2. The SMILES string of the molecule is O=C(CCCN1C(=O)/C(=C\c2ccc(Cl)cc2)SC1=S)Nc1ncc(Cc2ccccc2Cl)s1. The lowest BCUT2D eigenvalue weighted by Gasteiger charge is -2.13. The predicted octanol–water partition coefficient (Wildman–Crippen LogP) is 6.66. The fourth-order valence-corrected chi connectivity index (χ4v) is 5.75. The first-order valence-electron chi connectivity index (χ1n) is 10.4. The van der Waals surface area contributed by atoms with Crippen molar-refractivity contribution in [2.75, 3.05) is 11.9 Å². The van der Waals surface area contributed by atoms with Crippen LogP contribution in [0, 0.1) is 0 Å². The van der Waals surface area contributed by atoms with Crippen molar-refractivity contribution in [3.8, 4) is 0 Å². The molecule has 1 N–H and O–H groups in total. The normalized spacial score (nSPS) is 14.8. The summed E-state index contributed by atoms with van der Waals surface area (Å²) >= 11 is 20.2. The molecule has 1 aromatic heterocycles. The van der Waals surface area contributed by atoms with E-state index in [9.17, 15) is 9.59 Å². The molecule has 0 radical (unpaired) electrons. The van der Waals surface area contributed by atoms with Gasteiger partial charge in [0.05, 0.1) is 4.91 Å². The van der Waals surface area contributed by atoms with E-state index >= 15 is 0 Å². The molecule has 174 valence electrons. The van der Waals surface area contributed by atoms with Crippen LogP contribution in [-0.2, 0) is 16.0 Å². The standard InChI is InChI=1S/C24H19Cl2N3O2S3/c25-17-9-7-15(8-10-17)12-20-22(31)29(24(32)34-20)11-3-6-21(30)28-23-27-14-18(33-23)13-16-4-1-2-5-19(16)26/h1-2,4-5,7-10,12,14H,3,6,11,13H2,(H,27,28,30)/b20-12+. The van der Waals surface area contributed by atoms with Crippen LogP contribution in [0.15, 0.2) is 59.6 Å². The van der Waals surface area contributed by atoms with Crippen LogP contribution >= 0.6 is 58.5 Å². The van der Waals surface area contributed by atoms with Crippen LogP contribution in [0.3, 0.4) is 0 Å². The lowest BCUT2D eigenvalue weighted by atomic mass is 10.1. The molecule has 2 amide bonds. The lowest BCUT2D eigenvalue weighted by Crippen LogP contribution is -2.29. The molecule has 34 heavy (non-hydrogen) atoms. The number of rotatable bonds is 8. The molecule has 0 atom stereocenters. The second-order valence-corrected chi connectivity index (χ2v) is 11.1. The first-order chi connectivity index (χ1) is 16.4. The van der Waals surface area contributed by atoms with Gasteiger partial charge < -0.3 is 5.32 Å². The van der Waals surface area contributed by atoms with E-state index in [4.69, 9.17) is 35.4 Å². The highest BCUT2D eigenvalue weighted by molar-refractivity contribution is 8.26. The first kappa shape index (κ1) is 24.9. The topological polar surface area (TPSA) is 62.3 Å². The number of nitrogens with zero attached hydrogens (tertiary/aromatic N) is 2. The number of hydrogen-bond acceptors (Lipinski definition) is 6. The molecule has 3 aromatic rings.